The van der Waals surface area contributed by atoms with Crippen LogP contribution in [0.1, 0.15) is 88.2 Å². The van der Waals surface area contributed by atoms with Gasteiger partial charge in [-0.05, 0) is 48.6 Å². The molecule has 268 valence electrons. The highest BCUT2D eigenvalue weighted by Crippen LogP contribution is 2.50. The Balaban J connectivity index is 1.52. The van der Waals surface area contributed by atoms with Gasteiger partial charge in [0.1, 0.15) is 17.2 Å². The lowest BCUT2D eigenvalue weighted by atomic mass is 9.66. The van der Waals surface area contributed by atoms with Crippen molar-refractivity contribution in [1.82, 2.24) is 0 Å². The molecule has 0 radical (unpaired) electrons. The van der Waals surface area contributed by atoms with Crippen LogP contribution in [0.5, 0.6) is 17.2 Å². The molecule has 2 aromatic carbocycles. The Bertz CT molecular complexity index is 1370. The summed E-state index contributed by atoms with van der Waals surface area (Å²) in [5.74, 6) is -4.25. The first kappa shape index (κ1) is 39.3. The Hall–Kier alpha value is -3.10. The SMILES string of the molecule is CC1(c2ccc(OC(=O)CN)cc2)COc2cc(OC(=O)CN)ccc2C1CCCCCCCCCS(=O)CCCC(F)(F)C(F)(F)F. The van der Waals surface area contributed by atoms with Crippen LogP contribution in [0.3, 0.4) is 0 Å². The summed E-state index contributed by atoms with van der Waals surface area (Å²) < 4.78 is 91.6. The van der Waals surface area contributed by atoms with Crippen LogP contribution in [0.25, 0.3) is 0 Å². The molecule has 8 nitrogen and oxygen atoms in total. The minimum absolute atomic E-state index is 0.0593. The van der Waals surface area contributed by atoms with Crippen LogP contribution in [0, 0.1) is 0 Å². The van der Waals surface area contributed by atoms with Crippen molar-refractivity contribution in [1.29, 1.82) is 0 Å². The molecule has 4 N–H and O–H groups in total. The third-order valence-electron chi connectivity index (χ3n) is 8.61. The molecule has 0 fully saturated rings. The maximum Gasteiger partial charge on any atom is 0.453 e. The number of carbonyl (C=O) groups is 2. The van der Waals surface area contributed by atoms with E-state index in [0.29, 0.717) is 36.0 Å². The van der Waals surface area contributed by atoms with Crippen molar-refractivity contribution >= 4 is 22.7 Å². The number of benzene rings is 2. The Morgan fingerprint density at radius 1 is 0.833 bits per heavy atom. The van der Waals surface area contributed by atoms with E-state index in [1.165, 1.54) is 0 Å². The largest absolute Gasteiger partial charge is 0.492 e. The molecule has 0 aliphatic carbocycles. The number of ether oxygens (including phenoxy) is 3. The number of unbranched alkanes of at least 4 members (excludes halogenated alkanes) is 6. The molecular weight excluding hydrogens is 659 g/mol. The molecule has 14 heteroatoms. The highest BCUT2D eigenvalue weighted by atomic mass is 32.2. The molecule has 1 heterocycles. The number of carbonyl (C=O) groups excluding carboxylic acids is 2. The maximum atomic E-state index is 13.0. The van der Waals surface area contributed by atoms with Crippen molar-refractivity contribution in [3.05, 3.63) is 53.6 Å². The van der Waals surface area contributed by atoms with Gasteiger partial charge in [-0.25, -0.2) is 0 Å². The summed E-state index contributed by atoms with van der Waals surface area (Å²) in [6.45, 7) is 2.04. The van der Waals surface area contributed by atoms with E-state index >= 15 is 0 Å². The lowest BCUT2D eigenvalue weighted by Crippen LogP contribution is -2.40. The minimum atomic E-state index is -5.58. The summed E-state index contributed by atoms with van der Waals surface area (Å²) in [6.07, 6.45) is -0.300. The first-order valence-corrected chi connectivity index (χ1v) is 17.7. The molecule has 3 rings (SSSR count). The fourth-order valence-corrected chi connectivity index (χ4v) is 7.06. The lowest BCUT2D eigenvalue weighted by Gasteiger charge is -2.43. The van der Waals surface area contributed by atoms with Crippen molar-refractivity contribution in [2.75, 3.05) is 31.2 Å². The molecule has 0 spiro atoms. The first-order chi connectivity index (χ1) is 22.7. The van der Waals surface area contributed by atoms with Crippen LogP contribution >= 0.6 is 0 Å². The highest BCUT2D eigenvalue weighted by Gasteiger charge is 2.56. The number of fused-ring (bicyclic) bond motifs is 1. The fraction of sp³-hybridized carbons (Fsp3) is 0.588. The van der Waals surface area contributed by atoms with Crippen LogP contribution < -0.4 is 25.7 Å². The molecule has 3 unspecified atom stereocenters. The topological polar surface area (TPSA) is 131 Å². The van der Waals surface area contributed by atoms with Crippen LogP contribution in [0.4, 0.5) is 22.0 Å². The molecule has 0 saturated heterocycles. The van der Waals surface area contributed by atoms with Crippen molar-refractivity contribution in [2.24, 2.45) is 11.5 Å². The molecule has 1 aliphatic rings. The van der Waals surface area contributed by atoms with Gasteiger partial charge in [-0.3, -0.25) is 13.8 Å². The summed E-state index contributed by atoms with van der Waals surface area (Å²) in [5.41, 5.74) is 12.3. The van der Waals surface area contributed by atoms with E-state index in [9.17, 15) is 35.8 Å². The van der Waals surface area contributed by atoms with E-state index in [-0.39, 0.29) is 24.8 Å². The predicted molar refractivity (Wildman–Crippen MR) is 173 cm³/mol. The third-order valence-corrected chi connectivity index (χ3v) is 10.1. The van der Waals surface area contributed by atoms with Gasteiger partial charge in [0, 0.05) is 46.1 Å². The number of esters is 2. The van der Waals surface area contributed by atoms with E-state index in [2.05, 4.69) is 6.92 Å². The van der Waals surface area contributed by atoms with Crippen molar-refractivity contribution in [2.45, 2.75) is 94.6 Å². The van der Waals surface area contributed by atoms with Gasteiger partial charge in [-0.1, -0.05) is 63.6 Å². The average molecular weight is 705 g/mol. The molecule has 0 amide bonds. The van der Waals surface area contributed by atoms with Crippen molar-refractivity contribution < 1.29 is 50.0 Å². The molecule has 48 heavy (non-hydrogen) atoms. The number of nitrogens with two attached hydrogens (primary N) is 2. The second kappa shape index (κ2) is 18.1. The standard InChI is InChI=1S/C34H45F5N2O6S/c1-32(24-11-13-25(14-12-24)46-30(42)21-40)23-45-29-20-26(47-31(43)22-41)15-16-27(29)28(32)10-7-5-3-2-4-6-8-18-48(44)19-9-17-33(35,36)34(37,38)39/h11-16,20,28H,2-10,17-19,21-23,40-41H2,1H3. The zero-order valence-corrected chi connectivity index (χ0v) is 27.9. The van der Waals surface area contributed by atoms with Gasteiger partial charge in [0.15, 0.2) is 0 Å². The molecule has 0 bridgehead atoms. The lowest BCUT2D eigenvalue weighted by molar-refractivity contribution is -0.284. The summed E-state index contributed by atoms with van der Waals surface area (Å²) >= 11 is 0. The molecular formula is C34H45F5N2O6S. The van der Waals surface area contributed by atoms with Gasteiger partial charge in [-0.15, -0.1) is 0 Å². The molecule has 1 aliphatic heterocycles. The summed E-state index contributed by atoms with van der Waals surface area (Å²) in [5, 5.41) is 0. The fourth-order valence-electron chi connectivity index (χ4n) is 5.87. The third kappa shape index (κ3) is 11.2. The van der Waals surface area contributed by atoms with E-state index in [4.69, 9.17) is 25.7 Å². The summed E-state index contributed by atoms with van der Waals surface area (Å²) in [6, 6.07) is 12.7. The molecule has 0 saturated carbocycles. The maximum absolute atomic E-state index is 13.0. The number of hydrogen-bond acceptors (Lipinski definition) is 8. The summed E-state index contributed by atoms with van der Waals surface area (Å²) in [4.78, 5) is 23.4. The van der Waals surface area contributed by atoms with Crippen LogP contribution in [0.2, 0.25) is 0 Å². The van der Waals surface area contributed by atoms with E-state index < -0.39 is 53.1 Å². The predicted octanol–water partition coefficient (Wildman–Crippen LogP) is 6.70. The number of hydrogen-bond donors (Lipinski definition) is 2. The zero-order valence-electron chi connectivity index (χ0n) is 27.1. The number of rotatable bonds is 19. The average Bonchev–Trinajstić information content (AvgIpc) is 3.04. The Morgan fingerprint density at radius 2 is 1.38 bits per heavy atom. The van der Waals surface area contributed by atoms with Gasteiger partial charge in [-0.2, -0.15) is 22.0 Å². The second-order valence-electron chi connectivity index (χ2n) is 12.3. The van der Waals surface area contributed by atoms with Gasteiger partial charge in [0.05, 0.1) is 19.7 Å². The quantitative estimate of drug-likeness (QED) is 0.0716. The van der Waals surface area contributed by atoms with Gasteiger partial charge in [0.2, 0.25) is 0 Å². The van der Waals surface area contributed by atoms with E-state index in [0.717, 1.165) is 56.1 Å². The van der Waals surface area contributed by atoms with Gasteiger partial charge < -0.3 is 25.7 Å². The second-order valence-corrected chi connectivity index (χ2v) is 14.0. The Kier molecular flexibility index (Phi) is 14.8. The highest BCUT2D eigenvalue weighted by molar-refractivity contribution is 7.84. The molecule has 0 aromatic heterocycles. The smallest absolute Gasteiger partial charge is 0.453 e. The minimum Gasteiger partial charge on any atom is -0.492 e. The Labute approximate surface area is 280 Å². The zero-order chi connectivity index (χ0) is 35.4. The van der Waals surface area contributed by atoms with Crippen LogP contribution in [-0.4, -0.2) is 59.4 Å². The normalized spacial score (nSPS) is 18.5. The first-order valence-electron chi connectivity index (χ1n) is 16.2. The molecule has 3 atom stereocenters. The van der Waals surface area contributed by atoms with Gasteiger partial charge in [0.25, 0.3) is 0 Å². The van der Waals surface area contributed by atoms with Crippen LogP contribution in [-0.2, 0) is 25.8 Å². The monoisotopic (exact) mass is 704 g/mol. The number of alkyl halides is 5. The van der Waals surface area contributed by atoms with E-state index in [1.54, 1.807) is 24.3 Å². The van der Waals surface area contributed by atoms with Gasteiger partial charge >= 0.3 is 24.0 Å². The number of halogens is 5. The molecule has 2 aromatic rings. The van der Waals surface area contributed by atoms with Crippen molar-refractivity contribution in [3.63, 3.8) is 0 Å². The Morgan fingerprint density at radius 3 is 1.98 bits per heavy atom. The summed E-state index contributed by atoms with van der Waals surface area (Å²) in [7, 11) is -1.41. The van der Waals surface area contributed by atoms with Crippen LogP contribution in [0.15, 0.2) is 42.5 Å². The van der Waals surface area contributed by atoms with Crippen molar-refractivity contribution in [3.8, 4) is 17.2 Å². The van der Waals surface area contributed by atoms with E-state index in [1.807, 2.05) is 18.2 Å².